The summed E-state index contributed by atoms with van der Waals surface area (Å²) in [5.41, 5.74) is 5.50. The highest BCUT2D eigenvalue weighted by Crippen LogP contribution is 2.25. The lowest BCUT2D eigenvalue weighted by molar-refractivity contribution is 0.0953. The zero-order valence-electron chi connectivity index (χ0n) is 15.5. The molecule has 1 fully saturated rings. The number of nitrogens with zero attached hydrogens (tertiary/aromatic N) is 3. The highest BCUT2D eigenvalue weighted by Gasteiger charge is 2.20. The van der Waals surface area contributed by atoms with Gasteiger partial charge in [-0.3, -0.25) is 9.78 Å². The number of benzene rings is 1. The smallest absolute Gasteiger partial charge is 0.270 e. The van der Waals surface area contributed by atoms with E-state index in [0.29, 0.717) is 12.2 Å². The number of amides is 1. The standard InChI is InChI=1S/C21H26N4O/c1-4-9-23-21(26)19-15-18(8-10-22-19)24-11-13-25(14-12-24)20-7-5-6-16(2)17(20)3/h4-8,10,15H,1,9,11-14H2,2-3H3,(H,23,26). The Morgan fingerprint density at radius 1 is 1.19 bits per heavy atom. The summed E-state index contributed by atoms with van der Waals surface area (Å²) in [7, 11) is 0. The first-order valence-electron chi connectivity index (χ1n) is 9.01. The predicted octanol–water partition coefficient (Wildman–Crippen LogP) is 2.94. The molecule has 1 aromatic carbocycles. The second-order valence-electron chi connectivity index (χ2n) is 6.59. The first-order valence-corrected chi connectivity index (χ1v) is 9.01. The number of pyridine rings is 1. The molecule has 5 heteroatoms. The van der Waals surface area contributed by atoms with E-state index in [2.05, 4.69) is 58.7 Å². The zero-order valence-corrected chi connectivity index (χ0v) is 15.5. The number of carbonyl (C=O) groups is 1. The average molecular weight is 350 g/mol. The van der Waals surface area contributed by atoms with Crippen molar-refractivity contribution in [2.24, 2.45) is 0 Å². The minimum atomic E-state index is -0.166. The Balaban J connectivity index is 1.67. The number of carbonyl (C=O) groups excluding carboxylic acids is 1. The van der Waals surface area contributed by atoms with Crippen molar-refractivity contribution in [1.29, 1.82) is 0 Å². The van der Waals surface area contributed by atoms with Gasteiger partial charge >= 0.3 is 0 Å². The van der Waals surface area contributed by atoms with Gasteiger partial charge in [0.15, 0.2) is 0 Å². The molecule has 0 saturated carbocycles. The lowest BCUT2D eigenvalue weighted by Crippen LogP contribution is -2.46. The molecule has 0 radical (unpaired) electrons. The summed E-state index contributed by atoms with van der Waals surface area (Å²) in [6, 6.07) is 10.3. The van der Waals surface area contributed by atoms with Crippen LogP contribution in [-0.2, 0) is 0 Å². The monoisotopic (exact) mass is 350 g/mol. The van der Waals surface area contributed by atoms with Gasteiger partial charge in [-0.25, -0.2) is 0 Å². The van der Waals surface area contributed by atoms with Crippen LogP contribution in [0.5, 0.6) is 0 Å². The van der Waals surface area contributed by atoms with Gasteiger partial charge in [-0.15, -0.1) is 6.58 Å². The first-order chi connectivity index (χ1) is 12.6. The fourth-order valence-corrected chi connectivity index (χ4v) is 3.28. The van der Waals surface area contributed by atoms with Crippen LogP contribution in [0.25, 0.3) is 0 Å². The van der Waals surface area contributed by atoms with Crippen LogP contribution in [0.1, 0.15) is 21.6 Å². The molecule has 1 saturated heterocycles. The molecule has 0 spiro atoms. The maximum atomic E-state index is 12.1. The van der Waals surface area contributed by atoms with E-state index in [1.54, 1.807) is 12.3 Å². The molecule has 0 bridgehead atoms. The molecule has 1 aliphatic rings. The zero-order chi connectivity index (χ0) is 18.5. The molecule has 1 aliphatic heterocycles. The van der Waals surface area contributed by atoms with E-state index in [1.165, 1.54) is 16.8 Å². The number of anilines is 2. The molecule has 0 atom stereocenters. The van der Waals surface area contributed by atoms with Gasteiger partial charge in [0, 0.05) is 50.3 Å². The van der Waals surface area contributed by atoms with E-state index >= 15 is 0 Å². The average Bonchev–Trinajstić information content (AvgIpc) is 2.68. The van der Waals surface area contributed by atoms with E-state index in [-0.39, 0.29) is 5.91 Å². The normalized spacial score (nSPS) is 14.2. The van der Waals surface area contributed by atoms with Crippen molar-refractivity contribution in [2.75, 3.05) is 42.5 Å². The molecular weight excluding hydrogens is 324 g/mol. The summed E-state index contributed by atoms with van der Waals surface area (Å²) >= 11 is 0. The first kappa shape index (κ1) is 18.0. The van der Waals surface area contributed by atoms with Gasteiger partial charge in [0.2, 0.25) is 0 Å². The molecule has 0 aliphatic carbocycles. The van der Waals surface area contributed by atoms with Gasteiger partial charge in [0.05, 0.1) is 0 Å². The third-order valence-corrected chi connectivity index (χ3v) is 4.94. The van der Waals surface area contributed by atoms with Crippen molar-refractivity contribution >= 4 is 17.3 Å². The summed E-state index contributed by atoms with van der Waals surface area (Å²) in [6.07, 6.45) is 3.36. The Kier molecular flexibility index (Phi) is 5.56. The summed E-state index contributed by atoms with van der Waals surface area (Å²) in [4.78, 5) is 21.0. The van der Waals surface area contributed by atoms with Gasteiger partial charge in [0.1, 0.15) is 5.69 Å². The summed E-state index contributed by atoms with van der Waals surface area (Å²) in [6.45, 7) is 12.2. The molecule has 1 aromatic heterocycles. The van der Waals surface area contributed by atoms with Crippen molar-refractivity contribution in [3.05, 3.63) is 66.0 Å². The highest BCUT2D eigenvalue weighted by molar-refractivity contribution is 5.93. The van der Waals surface area contributed by atoms with Gasteiger partial charge in [-0.05, 0) is 43.2 Å². The summed E-state index contributed by atoms with van der Waals surface area (Å²) < 4.78 is 0. The molecule has 136 valence electrons. The maximum Gasteiger partial charge on any atom is 0.270 e. The fourth-order valence-electron chi connectivity index (χ4n) is 3.28. The number of piperazine rings is 1. The quantitative estimate of drug-likeness (QED) is 0.843. The van der Waals surface area contributed by atoms with Crippen molar-refractivity contribution in [3.8, 4) is 0 Å². The van der Waals surface area contributed by atoms with E-state index in [9.17, 15) is 4.79 Å². The number of aryl methyl sites for hydroxylation is 1. The summed E-state index contributed by atoms with van der Waals surface area (Å²) in [5.74, 6) is -0.166. The predicted molar refractivity (Wildman–Crippen MR) is 107 cm³/mol. The van der Waals surface area contributed by atoms with Gasteiger partial charge in [0.25, 0.3) is 5.91 Å². The van der Waals surface area contributed by atoms with Crippen LogP contribution in [0.15, 0.2) is 49.2 Å². The van der Waals surface area contributed by atoms with Gasteiger partial charge in [-0.2, -0.15) is 0 Å². The van der Waals surface area contributed by atoms with E-state index < -0.39 is 0 Å². The molecule has 3 rings (SSSR count). The number of hydrogen-bond acceptors (Lipinski definition) is 4. The Morgan fingerprint density at radius 3 is 2.65 bits per heavy atom. The highest BCUT2D eigenvalue weighted by atomic mass is 16.1. The summed E-state index contributed by atoms with van der Waals surface area (Å²) in [5, 5.41) is 2.77. The number of rotatable bonds is 5. The van der Waals surface area contributed by atoms with Gasteiger partial charge < -0.3 is 15.1 Å². The maximum absolute atomic E-state index is 12.1. The lowest BCUT2D eigenvalue weighted by atomic mass is 10.1. The van der Waals surface area contributed by atoms with Crippen molar-refractivity contribution < 1.29 is 4.79 Å². The Labute approximate surface area is 155 Å². The number of aromatic nitrogens is 1. The molecule has 0 unspecified atom stereocenters. The van der Waals surface area contributed by atoms with Crippen LogP contribution in [-0.4, -0.2) is 43.6 Å². The largest absolute Gasteiger partial charge is 0.368 e. The third-order valence-electron chi connectivity index (χ3n) is 4.94. The van der Waals surface area contributed by atoms with E-state index in [1.807, 2.05) is 12.1 Å². The Morgan fingerprint density at radius 2 is 1.92 bits per heavy atom. The second kappa shape index (κ2) is 8.04. The topological polar surface area (TPSA) is 48.5 Å². The van der Waals surface area contributed by atoms with Crippen LogP contribution in [0.4, 0.5) is 11.4 Å². The van der Waals surface area contributed by atoms with E-state index in [4.69, 9.17) is 0 Å². The third kappa shape index (κ3) is 3.87. The molecule has 2 aromatic rings. The minimum absolute atomic E-state index is 0.166. The van der Waals surface area contributed by atoms with Crippen molar-refractivity contribution in [2.45, 2.75) is 13.8 Å². The van der Waals surface area contributed by atoms with Crippen LogP contribution < -0.4 is 15.1 Å². The molecule has 1 amide bonds. The minimum Gasteiger partial charge on any atom is -0.368 e. The molecule has 5 nitrogen and oxygen atoms in total. The van der Waals surface area contributed by atoms with Crippen molar-refractivity contribution in [3.63, 3.8) is 0 Å². The Hall–Kier alpha value is -2.82. The van der Waals surface area contributed by atoms with Crippen LogP contribution in [0.3, 0.4) is 0 Å². The molecule has 1 N–H and O–H groups in total. The Bertz CT molecular complexity index is 794. The fraction of sp³-hybridized carbons (Fsp3) is 0.333. The number of nitrogens with one attached hydrogen (secondary N) is 1. The lowest BCUT2D eigenvalue weighted by Gasteiger charge is -2.38. The van der Waals surface area contributed by atoms with Crippen LogP contribution >= 0.6 is 0 Å². The molecule has 2 heterocycles. The second-order valence-corrected chi connectivity index (χ2v) is 6.59. The van der Waals surface area contributed by atoms with Crippen molar-refractivity contribution in [1.82, 2.24) is 10.3 Å². The van der Waals surface area contributed by atoms with Crippen LogP contribution in [0.2, 0.25) is 0 Å². The molecular formula is C21H26N4O. The number of hydrogen-bond donors (Lipinski definition) is 1. The van der Waals surface area contributed by atoms with Crippen LogP contribution in [0, 0.1) is 13.8 Å². The SMILES string of the molecule is C=CCNC(=O)c1cc(N2CCN(c3cccc(C)c3C)CC2)ccn1. The van der Waals surface area contributed by atoms with Gasteiger partial charge in [-0.1, -0.05) is 18.2 Å². The van der Waals surface area contributed by atoms with E-state index in [0.717, 1.165) is 31.9 Å². The molecule has 26 heavy (non-hydrogen) atoms.